The van der Waals surface area contributed by atoms with E-state index in [9.17, 15) is 4.79 Å². The van der Waals surface area contributed by atoms with E-state index in [1.807, 2.05) is 31.2 Å². The maximum Gasteiger partial charge on any atom is 0.264 e. The summed E-state index contributed by atoms with van der Waals surface area (Å²) >= 11 is 0. The third kappa shape index (κ3) is 4.11. The molecule has 0 bridgehead atoms. The first-order valence-electron chi connectivity index (χ1n) is 9.98. The van der Waals surface area contributed by atoms with Crippen molar-refractivity contribution in [2.24, 2.45) is 0 Å². The van der Waals surface area contributed by atoms with Gasteiger partial charge < -0.3 is 24.1 Å². The van der Waals surface area contributed by atoms with Gasteiger partial charge in [0.1, 0.15) is 5.75 Å². The molecule has 1 N–H and O–H groups in total. The smallest absolute Gasteiger partial charge is 0.264 e. The van der Waals surface area contributed by atoms with Crippen molar-refractivity contribution in [3.05, 3.63) is 83.7 Å². The van der Waals surface area contributed by atoms with Crippen LogP contribution in [0.1, 0.15) is 21.8 Å². The Balaban J connectivity index is 1.27. The molecule has 0 unspecified atom stereocenters. The van der Waals surface area contributed by atoms with Gasteiger partial charge in [-0.1, -0.05) is 47.1 Å². The molecule has 2 heterocycles. The number of aryl methyl sites for hydroxylation is 1. The third-order valence-corrected chi connectivity index (χ3v) is 4.89. The van der Waals surface area contributed by atoms with Crippen LogP contribution in [0.2, 0.25) is 0 Å². The van der Waals surface area contributed by atoms with Gasteiger partial charge in [-0.05, 0) is 31.2 Å². The molecule has 1 aliphatic heterocycles. The summed E-state index contributed by atoms with van der Waals surface area (Å²) in [5, 5.41) is 6.85. The van der Waals surface area contributed by atoms with Gasteiger partial charge >= 0.3 is 0 Å². The standard InChI is InChI=1S/C24H19N3O5/c1-15-6-8-16(9-7-15)23-26-22(32-27-23)13-29-19-5-3-2-4-18(19)24(28)25-17-10-11-20-21(12-17)31-14-30-20/h2-12H,13-14H2,1H3,(H,25,28). The fraction of sp³-hybridized carbons (Fsp3) is 0.125. The summed E-state index contributed by atoms with van der Waals surface area (Å²) in [6, 6.07) is 20.0. The predicted molar refractivity (Wildman–Crippen MR) is 116 cm³/mol. The van der Waals surface area contributed by atoms with E-state index in [1.165, 1.54) is 0 Å². The molecular weight excluding hydrogens is 410 g/mol. The largest absolute Gasteiger partial charge is 0.483 e. The molecule has 0 atom stereocenters. The van der Waals surface area contributed by atoms with E-state index < -0.39 is 0 Å². The number of ether oxygens (including phenoxy) is 3. The highest BCUT2D eigenvalue weighted by molar-refractivity contribution is 6.06. The van der Waals surface area contributed by atoms with Crippen LogP contribution >= 0.6 is 0 Å². The summed E-state index contributed by atoms with van der Waals surface area (Å²) in [5.74, 6) is 2.12. The van der Waals surface area contributed by atoms with Gasteiger partial charge in [0, 0.05) is 17.3 Å². The minimum absolute atomic E-state index is 0.0349. The minimum atomic E-state index is -0.315. The topological polar surface area (TPSA) is 95.7 Å². The first-order valence-corrected chi connectivity index (χ1v) is 9.98. The van der Waals surface area contributed by atoms with Crippen molar-refractivity contribution < 1.29 is 23.5 Å². The van der Waals surface area contributed by atoms with Crippen molar-refractivity contribution in [3.8, 4) is 28.6 Å². The molecule has 0 saturated carbocycles. The number of aromatic nitrogens is 2. The number of rotatable bonds is 6. The first-order chi connectivity index (χ1) is 15.7. The van der Waals surface area contributed by atoms with Crippen molar-refractivity contribution in [1.82, 2.24) is 10.1 Å². The highest BCUT2D eigenvalue weighted by Gasteiger charge is 2.17. The van der Waals surface area contributed by atoms with Gasteiger partial charge in [-0.25, -0.2) is 0 Å². The van der Waals surface area contributed by atoms with Crippen molar-refractivity contribution in [2.45, 2.75) is 13.5 Å². The molecule has 0 aliphatic carbocycles. The van der Waals surface area contributed by atoms with Gasteiger partial charge in [-0.15, -0.1) is 0 Å². The average molecular weight is 429 g/mol. The molecule has 0 fully saturated rings. The molecule has 3 aromatic carbocycles. The number of para-hydroxylation sites is 1. The highest BCUT2D eigenvalue weighted by atomic mass is 16.7. The second kappa shape index (κ2) is 8.43. The molecule has 4 aromatic rings. The number of benzene rings is 3. The maximum absolute atomic E-state index is 12.8. The van der Waals surface area contributed by atoms with Crippen molar-refractivity contribution in [1.29, 1.82) is 0 Å². The van der Waals surface area contributed by atoms with Crippen LogP contribution in [0, 0.1) is 6.92 Å². The van der Waals surface area contributed by atoms with E-state index in [2.05, 4.69) is 15.5 Å². The second-order valence-corrected chi connectivity index (χ2v) is 7.18. The molecule has 0 radical (unpaired) electrons. The molecule has 8 heteroatoms. The third-order valence-electron chi connectivity index (χ3n) is 4.89. The van der Waals surface area contributed by atoms with E-state index in [-0.39, 0.29) is 19.3 Å². The summed E-state index contributed by atoms with van der Waals surface area (Å²) in [6.45, 7) is 2.22. The van der Waals surface area contributed by atoms with Crippen LogP contribution in [-0.4, -0.2) is 22.8 Å². The molecule has 1 aromatic heterocycles. The Morgan fingerprint density at radius 1 is 1.03 bits per heavy atom. The Labute approximate surface area is 183 Å². The average Bonchev–Trinajstić information content (AvgIpc) is 3.48. The number of anilines is 1. The molecule has 0 saturated heterocycles. The van der Waals surface area contributed by atoms with Crippen LogP contribution in [0.25, 0.3) is 11.4 Å². The van der Waals surface area contributed by atoms with Crippen LogP contribution in [0.5, 0.6) is 17.2 Å². The Morgan fingerprint density at radius 2 is 1.84 bits per heavy atom. The van der Waals surface area contributed by atoms with Gasteiger partial charge in [-0.2, -0.15) is 4.98 Å². The van der Waals surface area contributed by atoms with E-state index in [4.69, 9.17) is 18.7 Å². The number of nitrogens with one attached hydrogen (secondary N) is 1. The normalized spacial score (nSPS) is 11.9. The maximum atomic E-state index is 12.8. The van der Waals surface area contributed by atoms with Crippen molar-refractivity contribution in [3.63, 3.8) is 0 Å². The Hall–Kier alpha value is -4.33. The number of hydrogen-bond donors (Lipinski definition) is 1. The van der Waals surface area contributed by atoms with Gasteiger partial charge in [0.05, 0.1) is 5.56 Å². The monoisotopic (exact) mass is 429 g/mol. The van der Waals surface area contributed by atoms with Crippen LogP contribution in [0.4, 0.5) is 5.69 Å². The second-order valence-electron chi connectivity index (χ2n) is 7.18. The summed E-state index contributed by atoms with van der Waals surface area (Å²) in [5.41, 5.74) is 2.97. The van der Waals surface area contributed by atoms with Gasteiger partial charge in [0.25, 0.3) is 11.8 Å². The molecule has 1 aliphatic rings. The minimum Gasteiger partial charge on any atom is -0.483 e. The fourth-order valence-corrected chi connectivity index (χ4v) is 3.23. The van der Waals surface area contributed by atoms with E-state index in [0.717, 1.165) is 11.1 Å². The summed E-state index contributed by atoms with van der Waals surface area (Å²) in [4.78, 5) is 17.2. The van der Waals surface area contributed by atoms with Gasteiger partial charge in [0.2, 0.25) is 12.6 Å². The van der Waals surface area contributed by atoms with E-state index in [1.54, 1.807) is 42.5 Å². The number of carbonyl (C=O) groups excluding carboxylic acids is 1. The summed E-state index contributed by atoms with van der Waals surface area (Å²) in [6.07, 6.45) is 0. The van der Waals surface area contributed by atoms with Gasteiger partial charge in [-0.3, -0.25) is 4.79 Å². The zero-order valence-corrected chi connectivity index (χ0v) is 17.2. The van der Waals surface area contributed by atoms with Crippen LogP contribution in [0.3, 0.4) is 0 Å². The number of fused-ring (bicyclic) bond motifs is 1. The number of amides is 1. The van der Waals surface area contributed by atoms with Gasteiger partial charge in [0.15, 0.2) is 18.1 Å². The molecular formula is C24H19N3O5. The lowest BCUT2D eigenvalue weighted by Gasteiger charge is -2.11. The highest BCUT2D eigenvalue weighted by Crippen LogP contribution is 2.34. The molecule has 160 valence electrons. The van der Waals surface area contributed by atoms with Crippen molar-refractivity contribution >= 4 is 11.6 Å². The lowest BCUT2D eigenvalue weighted by Crippen LogP contribution is -2.13. The molecule has 5 rings (SSSR count). The zero-order valence-electron chi connectivity index (χ0n) is 17.2. The van der Waals surface area contributed by atoms with E-state index in [0.29, 0.717) is 40.2 Å². The Morgan fingerprint density at radius 3 is 2.72 bits per heavy atom. The van der Waals surface area contributed by atoms with Crippen LogP contribution in [0.15, 0.2) is 71.3 Å². The number of hydrogen-bond acceptors (Lipinski definition) is 7. The molecule has 8 nitrogen and oxygen atoms in total. The molecule has 0 spiro atoms. The van der Waals surface area contributed by atoms with Crippen LogP contribution < -0.4 is 19.5 Å². The lowest BCUT2D eigenvalue weighted by molar-refractivity contribution is 0.102. The Kier molecular flexibility index (Phi) is 5.17. The SMILES string of the molecule is Cc1ccc(-c2noc(COc3ccccc3C(=O)Nc3ccc4c(c3)OCO4)n2)cc1. The molecule has 1 amide bonds. The van der Waals surface area contributed by atoms with Crippen molar-refractivity contribution in [2.75, 3.05) is 12.1 Å². The fourth-order valence-electron chi connectivity index (χ4n) is 3.23. The quantitative estimate of drug-likeness (QED) is 0.478. The summed E-state index contributed by atoms with van der Waals surface area (Å²) < 4.78 is 21.8. The number of nitrogens with zero attached hydrogens (tertiary/aromatic N) is 2. The van der Waals surface area contributed by atoms with Crippen LogP contribution in [-0.2, 0) is 6.61 Å². The first kappa shape index (κ1) is 19.6. The van der Waals surface area contributed by atoms with E-state index >= 15 is 0 Å². The predicted octanol–water partition coefficient (Wildman–Crippen LogP) is 4.61. The molecule has 32 heavy (non-hydrogen) atoms. The zero-order chi connectivity index (χ0) is 21.9. The summed E-state index contributed by atoms with van der Waals surface area (Å²) in [7, 11) is 0. The number of carbonyl (C=O) groups is 1. The Bertz CT molecular complexity index is 1270. The lowest BCUT2D eigenvalue weighted by atomic mass is 10.1.